The van der Waals surface area contributed by atoms with Gasteiger partial charge < -0.3 is 10.2 Å². The average Bonchev–Trinajstić information content (AvgIpc) is 2.78. The van der Waals surface area contributed by atoms with Crippen LogP contribution < -0.4 is 5.32 Å². The number of nitrogens with zero attached hydrogens (tertiary/aromatic N) is 1. The van der Waals surface area contributed by atoms with Gasteiger partial charge in [0.1, 0.15) is 6.04 Å². The molecule has 0 heterocycles. The second-order valence-corrected chi connectivity index (χ2v) is 11.3. The fourth-order valence-corrected chi connectivity index (χ4v) is 4.46. The molecule has 0 bridgehead atoms. The van der Waals surface area contributed by atoms with E-state index in [1.807, 2.05) is 75.4 Å². The van der Waals surface area contributed by atoms with Crippen LogP contribution in [0.1, 0.15) is 37.5 Å². The van der Waals surface area contributed by atoms with Crippen LogP contribution in [0, 0.1) is 0 Å². The van der Waals surface area contributed by atoms with Crippen LogP contribution in [0.25, 0.3) is 0 Å². The first-order valence-corrected chi connectivity index (χ1v) is 12.9. The van der Waals surface area contributed by atoms with E-state index in [-0.39, 0.29) is 24.8 Å². The molecule has 3 aromatic carbocycles. The summed E-state index contributed by atoms with van der Waals surface area (Å²) in [6.45, 7) is 6.07. The van der Waals surface area contributed by atoms with Gasteiger partial charge in [-0.25, -0.2) is 0 Å². The van der Waals surface area contributed by atoms with Crippen LogP contribution in [0.4, 0.5) is 0 Å². The molecule has 1 atom stereocenters. The lowest BCUT2D eigenvalue weighted by Gasteiger charge is -2.34. The van der Waals surface area contributed by atoms with Crippen molar-refractivity contribution in [1.82, 2.24) is 10.2 Å². The summed E-state index contributed by atoms with van der Waals surface area (Å²) in [7, 11) is 0. The van der Waals surface area contributed by atoms with E-state index in [2.05, 4.69) is 21.2 Å². The lowest BCUT2D eigenvalue weighted by molar-refractivity contribution is -0.141. The minimum Gasteiger partial charge on any atom is -0.350 e. The molecule has 4 nitrogen and oxygen atoms in total. The summed E-state index contributed by atoms with van der Waals surface area (Å²) in [4.78, 5) is 29.0. The molecular formula is C28H29BrCl2N2O2. The van der Waals surface area contributed by atoms with Gasteiger partial charge in [-0.15, -0.1) is 0 Å². The van der Waals surface area contributed by atoms with E-state index in [1.54, 1.807) is 23.1 Å². The van der Waals surface area contributed by atoms with Crippen LogP contribution in [0.3, 0.4) is 0 Å². The first-order valence-electron chi connectivity index (χ1n) is 11.4. The third kappa shape index (κ3) is 8.38. The number of hydrogen-bond donors (Lipinski definition) is 1. The van der Waals surface area contributed by atoms with E-state index in [4.69, 9.17) is 23.2 Å². The molecule has 7 heteroatoms. The van der Waals surface area contributed by atoms with E-state index in [9.17, 15) is 9.59 Å². The number of halogens is 3. The van der Waals surface area contributed by atoms with Gasteiger partial charge in [0.15, 0.2) is 0 Å². The molecule has 3 rings (SSSR count). The molecular weight excluding hydrogens is 547 g/mol. The molecule has 0 spiro atoms. The van der Waals surface area contributed by atoms with E-state index >= 15 is 0 Å². The van der Waals surface area contributed by atoms with Gasteiger partial charge in [-0.3, -0.25) is 9.59 Å². The number of nitrogens with one attached hydrogen (secondary N) is 1. The van der Waals surface area contributed by atoms with Crippen molar-refractivity contribution in [2.24, 2.45) is 0 Å². The second kappa shape index (κ2) is 12.1. The smallest absolute Gasteiger partial charge is 0.243 e. The Morgan fingerprint density at radius 1 is 0.943 bits per heavy atom. The first kappa shape index (κ1) is 27.3. The molecule has 0 aliphatic heterocycles. The Balaban J connectivity index is 2.00. The van der Waals surface area contributed by atoms with E-state index in [1.165, 1.54) is 0 Å². The van der Waals surface area contributed by atoms with Crippen molar-refractivity contribution in [1.29, 1.82) is 0 Å². The fraction of sp³-hybridized carbons (Fsp3) is 0.286. The quantitative estimate of drug-likeness (QED) is 0.319. The Labute approximate surface area is 225 Å². The largest absolute Gasteiger partial charge is 0.350 e. The van der Waals surface area contributed by atoms with Crippen LogP contribution in [0.2, 0.25) is 10.0 Å². The van der Waals surface area contributed by atoms with Crippen molar-refractivity contribution in [3.05, 3.63) is 104 Å². The Hall–Kier alpha value is -2.34. The zero-order valence-corrected chi connectivity index (χ0v) is 23.1. The summed E-state index contributed by atoms with van der Waals surface area (Å²) >= 11 is 15.9. The predicted molar refractivity (Wildman–Crippen MR) is 147 cm³/mol. The molecule has 2 amide bonds. The fourth-order valence-electron chi connectivity index (χ4n) is 3.72. The molecule has 0 saturated carbocycles. The molecule has 184 valence electrons. The van der Waals surface area contributed by atoms with Gasteiger partial charge >= 0.3 is 0 Å². The minimum absolute atomic E-state index is 0.0562. The van der Waals surface area contributed by atoms with Gasteiger partial charge in [-0.05, 0) is 61.7 Å². The van der Waals surface area contributed by atoms with Gasteiger partial charge in [0, 0.05) is 33.0 Å². The zero-order valence-electron chi connectivity index (χ0n) is 20.0. The zero-order chi connectivity index (χ0) is 25.6. The third-order valence-electron chi connectivity index (χ3n) is 5.39. The molecule has 0 fully saturated rings. The number of amides is 2. The Bertz CT molecular complexity index is 1160. The van der Waals surface area contributed by atoms with Gasteiger partial charge in [-0.1, -0.05) is 87.7 Å². The van der Waals surface area contributed by atoms with Crippen LogP contribution in [-0.2, 0) is 29.0 Å². The number of carbonyl (C=O) groups excluding carboxylic acids is 2. The topological polar surface area (TPSA) is 49.4 Å². The summed E-state index contributed by atoms with van der Waals surface area (Å²) in [5.41, 5.74) is 2.11. The van der Waals surface area contributed by atoms with Gasteiger partial charge in [0.05, 0.1) is 6.42 Å². The van der Waals surface area contributed by atoms with Crippen molar-refractivity contribution < 1.29 is 9.59 Å². The number of carbonyl (C=O) groups is 2. The maximum absolute atomic E-state index is 13.8. The van der Waals surface area contributed by atoms with Gasteiger partial charge in [-0.2, -0.15) is 0 Å². The summed E-state index contributed by atoms with van der Waals surface area (Å²) in [6.07, 6.45) is 0.444. The highest BCUT2D eigenvalue weighted by Crippen LogP contribution is 2.24. The van der Waals surface area contributed by atoms with Gasteiger partial charge in [0.25, 0.3) is 0 Å². The molecule has 0 aromatic heterocycles. The Kier molecular flexibility index (Phi) is 9.40. The van der Waals surface area contributed by atoms with Gasteiger partial charge in [0.2, 0.25) is 11.8 Å². The molecule has 0 saturated heterocycles. The van der Waals surface area contributed by atoms with E-state index in [0.717, 1.165) is 15.6 Å². The molecule has 3 aromatic rings. The predicted octanol–water partition coefficient (Wildman–Crippen LogP) is 6.85. The summed E-state index contributed by atoms with van der Waals surface area (Å²) < 4.78 is 0.943. The van der Waals surface area contributed by atoms with Crippen LogP contribution in [0.5, 0.6) is 0 Å². The standard InChI is InChI=1S/C28H29BrCl2N2O2/c1-28(2,3)32-27(35)25(15-19-7-5-4-6-8-19)33(18-20-9-12-22(29)13-10-20)26(34)16-21-11-14-23(30)17-24(21)31/h4-14,17,25H,15-16,18H2,1-3H3,(H,32,35)/t25-/m1/s1. The molecule has 0 radical (unpaired) electrons. The number of hydrogen-bond acceptors (Lipinski definition) is 2. The summed E-state index contributed by atoms with van der Waals surface area (Å²) in [6, 6.07) is 21.9. The van der Waals surface area contributed by atoms with Crippen LogP contribution in [-0.4, -0.2) is 28.3 Å². The highest BCUT2D eigenvalue weighted by atomic mass is 79.9. The number of rotatable bonds is 8. The SMILES string of the molecule is CC(C)(C)NC(=O)[C@@H](Cc1ccccc1)N(Cc1ccc(Br)cc1)C(=O)Cc1ccc(Cl)cc1Cl. The first-order chi connectivity index (χ1) is 16.5. The lowest BCUT2D eigenvalue weighted by Crippen LogP contribution is -2.54. The van der Waals surface area contributed by atoms with Crippen molar-refractivity contribution in [2.45, 2.75) is 51.7 Å². The summed E-state index contributed by atoms with van der Waals surface area (Å²) in [5, 5.41) is 4.00. The highest BCUT2D eigenvalue weighted by Gasteiger charge is 2.32. The molecule has 0 aliphatic rings. The van der Waals surface area contributed by atoms with Crippen LogP contribution >= 0.6 is 39.1 Å². The van der Waals surface area contributed by atoms with E-state index in [0.29, 0.717) is 22.0 Å². The molecule has 1 N–H and O–H groups in total. The van der Waals surface area contributed by atoms with Crippen molar-refractivity contribution in [2.75, 3.05) is 0 Å². The van der Waals surface area contributed by atoms with Crippen molar-refractivity contribution in [3.63, 3.8) is 0 Å². The maximum Gasteiger partial charge on any atom is 0.243 e. The van der Waals surface area contributed by atoms with Crippen molar-refractivity contribution in [3.8, 4) is 0 Å². The number of benzene rings is 3. The normalized spacial score (nSPS) is 12.2. The summed E-state index contributed by atoms with van der Waals surface area (Å²) in [5.74, 6) is -0.392. The molecule has 35 heavy (non-hydrogen) atoms. The lowest BCUT2D eigenvalue weighted by atomic mass is 10.00. The molecule has 0 aliphatic carbocycles. The maximum atomic E-state index is 13.8. The Morgan fingerprint density at radius 2 is 1.60 bits per heavy atom. The minimum atomic E-state index is -0.709. The monoisotopic (exact) mass is 574 g/mol. The molecule has 0 unspecified atom stereocenters. The third-order valence-corrected chi connectivity index (χ3v) is 6.51. The average molecular weight is 576 g/mol. The van der Waals surface area contributed by atoms with Crippen molar-refractivity contribution >= 4 is 50.9 Å². The Morgan fingerprint density at radius 3 is 2.20 bits per heavy atom. The van der Waals surface area contributed by atoms with Crippen LogP contribution in [0.15, 0.2) is 77.3 Å². The second-order valence-electron chi connectivity index (χ2n) is 9.51. The highest BCUT2D eigenvalue weighted by molar-refractivity contribution is 9.10. The van der Waals surface area contributed by atoms with E-state index < -0.39 is 11.6 Å².